The van der Waals surface area contributed by atoms with Crippen molar-refractivity contribution < 1.29 is 0 Å². The lowest BCUT2D eigenvalue weighted by Gasteiger charge is -2.20. The van der Waals surface area contributed by atoms with E-state index in [1.54, 1.807) is 0 Å². The van der Waals surface area contributed by atoms with E-state index in [9.17, 15) is 0 Å². The summed E-state index contributed by atoms with van der Waals surface area (Å²) in [6.07, 6.45) is 2.82. The van der Waals surface area contributed by atoms with Crippen LogP contribution in [-0.2, 0) is 0 Å². The number of hydrogen-bond donors (Lipinski definition) is 2. The van der Waals surface area contributed by atoms with Crippen LogP contribution in [0.4, 0.5) is 0 Å². The first-order valence-corrected chi connectivity index (χ1v) is 7.70. The second kappa shape index (κ2) is 5.94. The van der Waals surface area contributed by atoms with E-state index in [-0.39, 0.29) is 6.04 Å². The maximum Gasteiger partial charge on any atom is 0.0444 e. The van der Waals surface area contributed by atoms with Gasteiger partial charge in [0.25, 0.3) is 0 Å². The predicted molar refractivity (Wildman–Crippen MR) is 85.6 cm³/mol. The van der Waals surface area contributed by atoms with Crippen LogP contribution in [0.1, 0.15) is 31.4 Å². The van der Waals surface area contributed by atoms with E-state index in [4.69, 9.17) is 5.73 Å². The molecule has 0 amide bonds. The molecule has 2 aromatic rings. The van der Waals surface area contributed by atoms with Gasteiger partial charge in [-0.25, -0.2) is 0 Å². The van der Waals surface area contributed by atoms with Gasteiger partial charge in [-0.15, -0.1) is 0 Å². The Morgan fingerprint density at radius 1 is 1.15 bits per heavy atom. The molecule has 3 N–H and O–H groups in total. The zero-order chi connectivity index (χ0) is 13.9. The Bertz CT molecular complexity index is 574. The first kappa shape index (κ1) is 13.6. The Morgan fingerprint density at radius 2 is 1.90 bits per heavy atom. The first-order valence-electron chi connectivity index (χ1n) is 7.70. The van der Waals surface area contributed by atoms with Crippen LogP contribution in [0.3, 0.4) is 0 Å². The molecule has 2 unspecified atom stereocenters. The molecule has 106 valence electrons. The second-order valence-electron chi connectivity index (χ2n) is 6.12. The largest absolute Gasteiger partial charge is 0.329 e. The van der Waals surface area contributed by atoms with Crippen LogP contribution in [0.2, 0.25) is 0 Å². The third-order valence-electron chi connectivity index (χ3n) is 4.52. The zero-order valence-electron chi connectivity index (χ0n) is 12.2. The van der Waals surface area contributed by atoms with E-state index in [0.29, 0.717) is 6.54 Å². The molecule has 1 fully saturated rings. The molecular formula is C18H24N2. The van der Waals surface area contributed by atoms with Crippen LogP contribution in [0, 0.1) is 11.8 Å². The third-order valence-corrected chi connectivity index (χ3v) is 4.52. The van der Waals surface area contributed by atoms with Crippen LogP contribution in [0.5, 0.6) is 0 Å². The lowest BCUT2D eigenvalue weighted by atomic mass is 10.0. The highest BCUT2D eigenvalue weighted by Crippen LogP contribution is 2.36. The SMILES string of the molecule is CC(CNC(CN)c1ccc2ccccc2c1)C1CC1. The molecule has 20 heavy (non-hydrogen) atoms. The van der Waals surface area contributed by atoms with Gasteiger partial charge in [-0.05, 0) is 53.6 Å². The molecule has 0 heterocycles. The maximum absolute atomic E-state index is 5.96. The molecule has 2 aromatic carbocycles. The van der Waals surface area contributed by atoms with Gasteiger partial charge in [0.2, 0.25) is 0 Å². The van der Waals surface area contributed by atoms with Crippen LogP contribution in [-0.4, -0.2) is 13.1 Å². The fourth-order valence-corrected chi connectivity index (χ4v) is 2.92. The minimum atomic E-state index is 0.265. The van der Waals surface area contributed by atoms with Crippen LogP contribution >= 0.6 is 0 Å². The summed E-state index contributed by atoms with van der Waals surface area (Å²) in [5, 5.41) is 6.23. The minimum absolute atomic E-state index is 0.265. The number of nitrogens with one attached hydrogen (secondary N) is 1. The van der Waals surface area contributed by atoms with Gasteiger partial charge in [0.05, 0.1) is 0 Å². The molecule has 0 saturated heterocycles. The van der Waals surface area contributed by atoms with Gasteiger partial charge in [-0.3, -0.25) is 0 Å². The van der Waals surface area contributed by atoms with Crippen LogP contribution in [0.15, 0.2) is 42.5 Å². The van der Waals surface area contributed by atoms with Gasteiger partial charge in [-0.1, -0.05) is 43.3 Å². The van der Waals surface area contributed by atoms with Crippen molar-refractivity contribution in [2.45, 2.75) is 25.8 Å². The monoisotopic (exact) mass is 268 g/mol. The fourth-order valence-electron chi connectivity index (χ4n) is 2.92. The Morgan fingerprint density at radius 3 is 2.60 bits per heavy atom. The summed E-state index contributed by atoms with van der Waals surface area (Å²) in [5.41, 5.74) is 7.26. The Hall–Kier alpha value is -1.38. The van der Waals surface area contributed by atoms with Crippen molar-refractivity contribution in [2.75, 3.05) is 13.1 Å². The highest BCUT2D eigenvalue weighted by Gasteiger charge is 2.27. The molecule has 2 nitrogen and oxygen atoms in total. The zero-order valence-corrected chi connectivity index (χ0v) is 12.2. The summed E-state index contributed by atoms with van der Waals surface area (Å²) < 4.78 is 0. The summed E-state index contributed by atoms with van der Waals surface area (Å²) in [7, 11) is 0. The van der Waals surface area contributed by atoms with Gasteiger partial charge in [0.1, 0.15) is 0 Å². The average molecular weight is 268 g/mol. The maximum atomic E-state index is 5.96. The van der Waals surface area contributed by atoms with Gasteiger partial charge >= 0.3 is 0 Å². The summed E-state index contributed by atoms with van der Waals surface area (Å²) in [6.45, 7) is 4.06. The average Bonchev–Trinajstić information content (AvgIpc) is 3.32. The molecule has 0 aromatic heterocycles. The summed E-state index contributed by atoms with van der Waals surface area (Å²) in [6, 6.07) is 15.4. The van der Waals surface area contributed by atoms with E-state index in [1.165, 1.54) is 29.2 Å². The quantitative estimate of drug-likeness (QED) is 0.842. The molecule has 1 saturated carbocycles. The van der Waals surface area contributed by atoms with E-state index in [0.717, 1.165) is 18.4 Å². The fraction of sp³-hybridized carbons (Fsp3) is 0.444. The lowest BCUT2D eigenvalue weighted by Crippen LogP contribution is -2.32. The van der Waals surface area contributed by atoms with Crippen LogP contribution in [0.25, 0.3) is 10.8 Å². The summed E-state index contributed by atoms with van der Waals surface area (Å²) >= 11 is 0. The van der Waals surface area contributed by atoms with Gasteiger partial charge in [0.15, 0.2) is 0 Å². The lowest BCUT2D eigenvalue weighted by molar-refractivity contribution is 0.423. The van der Waals surface area contributed by atoms with Crippen molar-refractivity contribution >= 4 is 10.8 Å². The molecule has 2 atom stereocenters. The Labute approximate surface area is 121 Å². The van der Waals surface area contributed by atoms with Crippen molar-refractivity contribution in [2.24, 2.45) is 17.6 Å². The van der Waals surface area contributed by atoms with Crippen molar-refractivity contribution in [3.8, 4) is 0 Å². The summed E-state index contributed by atoms with van der Waals surface area (Å²) in [4.78, 5) is 0. The highest BCUT2D eigenvalue weighted by molar-refractivity contribution is 5.83. The van der Waals surface area contributed by atoms with Crippen molar-refractivity contribution in [1.29, 1.82) is 0 Å². The predicted octanol–water partition coefficient (Wildman–Crippen LogP) is 3.48. The second-order valence-corrected chi connectivity index (χ2v) is 6.12. The standard InChI is InChI=1S/C18H24N2/c1-13(14-6-7-14)12-20-18(11-19)17-9-8-15-4-2-3-5-16(15)10-17/h2-5,8-10,13-14,18,20H,6-7,11-12,19H2,1H3. The number of hydrogen-bond acceptors (Lipinski definition) is 2. The van der Waals surface area contributed by atoms with Crippen molar-refractivity contribution in [3.05, 3.63) is 48.0 Å². The molecule has 1 aliphatic rings. The Kier molecular flexibility index (Phi) is 4.04. The Balaban J connectivity index is 1.72. The number of rotatable bonds is 6. The minimum Gasteiger partial charge on any atom is -0.329 e. The van der Waals surface area contributed by atoms with Gasteiger partial charge in [0, 0.05) is 12.6 Å². The van der Waals surface area contributed by atoms with Gasteiger partial charge < -0.3 is 11.1 Å². The normalized spacial score (nSPS) is 18.1. The molecule has 3 rings (SSSR count). The van der Waals surface area contributed by atoms with E-state index < -0.39 is 0 Å². The molecular weight excluding hydrogens is 244 g/mol. The third kappa shape index (κ3) is 3.02. The number of nitrogens with two attached hydrogens (primary N) is 1. The van der Waals surface area contributed by atoms with Crippen molar-refractivity contribution in [3.63, 3.8) is 0 Å². The van der Waals surface area contributed by atoms with Gasteiger partial charge in [-0.2, -0.15) is 0 Å². The molecule has 0 spiro atoms. The first-order chi connectivity index (χ1) is 9.78. The number of benzene rings is 2. The van der Waals surface area contributed by atoms with E-state index >= 15 is 0 Å². The molecule has 0 bridgehead atoms. The van der Waals surface area contributed by atoms with E-state index in [2.05, 4.69) is 54.7 Å². The van der Waals surface area contributed by atoms with Crippen LogP contribution < -0.4 is 11.1 Å². The van der Waals surface area contributed by atoms with Crippen molar-refractivity contribution in [1.82, 2.24) is 5.32 Å². The van der Waals surface area contributed by atoms with E-state index in [1.807, 2.05) is 0 Å². The topological polar surface area (TPSA) is 38.0 Å². The number of fused-ring (bicyclic) bond motifs is 1. The molecule has 0 radical (unpaired) electrons. The molecule has 2 heteroatoms. The highest BCUT2D eigenvalue weighted by atomic mass is 14.9. The summed E-state index contributed by atoms with van der Waals surface area (Å²) in [5.74, 6) is 1.71. The smallest absolute Gasteiger partial charge is 0.0444 e. The molecule has 0 aliphatic heterocycles. The molecule has 1 aliphatic carbocycles.